The molecule has 2 heterocycles. The van der Waals surface area contributed by atoms with Gasteiger partial charge in [-0.05, 0) is 30.7 Å². The van der Waals surface area contributed by atoms with Crippen molar-refractivity contribution >= 4 is 16.5 Å². The van der Waals surface area contributed by atoms with Crippen molar-refractivity contribution in [2.75, 3.05) is 18.5 Å². The molecule has 0 amide bonds. The van der Waals surface area contributed by atoms with Crippen LogP contribution in [0.4, 0.5) is 5.13 Å². The third-order valence-corrected chi connectivity index (χ3v) is 3.82. The summed E-state index contributed by atoms with van der Waals surface area (Å²) in [4.78, 5) is 4.27. The molecule has 0 saturated carbocycles. The van der Waals surface area contributed by atoms with Crippen LogP contribution in [0.15, 0.2) is 54.7 Å². The molecule has 0 aliphatic rings. The molecule has 0 spiro atoms. The van der Waals surface area contributed by atoms with Crippen molar-refractivity contribution in [3.8, 4) is 16.5 Å². The molecule has 0 atom stereocenters. The van der Waals surface area contributed by atoms with E-state index in [2.05, 4.69) is 20.5 Å². The molecule has 0 saturated heterocycles. The van der Waals surface area contributed by atoms with Crippen molar-refractivity contribution in [2.24, 2.45) is 0 Å². The first kappa shape index (κ1) is 14.5. The molecule has 22 heavy (non-hydrogen) atoms. The zero-order valence-corrected chi connectivity index (χ0v) is 12.8. The number of anilines is 1. The van der Waals surface area contributed by atoms with Gasteiger partial charge in [-0.15, -0.1) is 10.2 Å². The van der Waals surface area contributed by atoms with Gasteiger partial charge in [-0.3, -0.25) is 4.98 Å². The van der Waals surface area contributed by atoms with E-state index in [1.54, 1.807) is 6.20 Å². The molecule has 0 aliphatic carbocycles. The minimum atomic E-state index is 0.670. The average Bonchev–Trinajstić information content (AvgIpc) is 3.05. The highest BCUT2D eigenvalue weighted by atomic mass is 32.1. The summed E-state index contributed by atoms with van der Waals surface area (Å²) in [6.07, 6.45) is 2.65. The van der Waals surface area contributed by atoms with Gasteiger partial charge in [0.2, 0.25) is 5.13 Å². The molecule has 6 heteroatoms. The number of benzene rings is 1. The fourth-order valence-corrected chi connectivity index (χ4v) is 2.61. The molecule has 3 rings (SSSR count). The van der Waals surface area contributed by atoms with Gasteiger partial charge in [-0.1, -0.05) is 35.6 Å². The van der Waals surface area contributed by atoms with Gasteiger partial charge in [0.1, 0.15) is 11.4 Å². The predicted molar refractivity (Wildman–Crippen MR) is 88.2 cm³/mol. The van der Waals surface area contributed by atoms with Crippen LogP contribution < -0.4 is 10.1 Å². The largest absolute Gasteiger partial charge is 0.494 e. The number of nitrogens with one attached hydrogen (secondary N) is 1. The minimum absolute atomic E-state index is 0.670. The Kier molecular flexibility index (Phi) is 4.94. The maximum absolute atomic E-state index is 5.64. The van der Waals surface area contributed by atoms with Gasteiger partial charge < -0.3 is 10.1 Å². The molecule has 2 aromatic heterocycles. The van der Waals surface area contributed by atoms with Crippen LogP contribution >= 0.6 is 11.3 Å². The first-order chi connectivity index (χ1) is 10.9. The molecular weight excluding hydrogens is 296 g/mol. The van der Waals surface area contributed by atoms with Crippen LogP contribution in [0.3, 0.4) is 0 Å². The summed E-state index contributed by atoms with van der Waals surface area (Å²) in [6.45, 7) is 1.46. The van der Waals surface area contributed by atoms with E-state index in [1.165, 1.54) is 11.3 Å². The van der Waals surface area contributed by atoms with Crippen molar-refractivity contribution in [3.05, 3.63) is 54.7 Å². The molecule has 5 nitrogen and oxygen atoms in total. The molecule has 3 aromatic rings. The molecule has 1 N–H and O–H groups in total. The Bertz CT molecular complexity index is 688. The second kappa shape index (κ2) is 7.51. The average molecular weight is 312 g/mol. The summed E-state index contributed by atoms with van der Waals surface area (Å²) in [5, 5.41) is 13.2. The van der Waals surface area contributed by atoms with E-state index in [4.69, 9.17) is 4.74 Å². The smallest absolute Gasteiger partial charge is 0.206 e. The van der Waals surface area contributed by atoms with E-state index < -0.39 is 0 Å². The Morgan fingerprint density at radius 1 is 1.00 bits per heavy atom. The van der Waals surface area contributed by atoms with Gasteiger partial charge in [0, 0.05) is 12.7 Å². The molecule has 0 fully saturated rings. The summed E-state index contributed by atoms with van der Waals surface area (Å²) in [5.41, 5.74) is 0.848. The topological polar surface area (TPSA) is 59.9 Å². The summed E-state index contributed by atoms with van der Waals surface area (Å²) < 4.78 is 5.64. The maximum atomic E-state index is 5.64. The second-order valence-corrected chi connectivity index (χ2v) is 5.55. The second-order valence-electron chi connectivity index (χ2n) is 4.57. The van der Waals surface area contributed by atoms with Gasteiger partial charge in [-0.2, -0.15) is 0 Å². The number of rotatable bonds is 7. The Morgan fingerprint density at radius 3 is 2.68 bits per heavy atom. The highest BCUT2D eigenvalue weighted by Crippen LogP contribution is 2.24. The van der Waals surface area contributed by atoms with Crippen LogP contribution in [0.2, 0.25) is 0 Å². The van der Waals surface area contributed by atoms with Gasteiger partial charge in [0.25, 0.3) is 0 Å². The fraction of sp³-hybridized carbons (Fsp3) is 0.188. The van der Waals surface area contributed by atoms with E-state index in [1.807, 2.05) is 48.5 Å². The first-order valence-corrected chi connectivity index (χ1v) is 7.90. The van der Waals surface area contributed by atoms with Crippen molar-refractivity contribution in [1.82, 2.24) is 15.2 Å². The highest BCUT2D eigenvalue weighted by Gasteiger charge is 2.06. The quantitative estimate of drug-likeness (QED) is 0.677. The van der Waals surface area contributed by atoms with Crippen molar-refractivity contribution in [2.45, 2.75) is 6.42 Å². The highest BCUT2D eigenvalue weighted by molar-refractivity contribution is 7.18. The van der Waals surface area contributed by atoms with Gasteiger partial charge in [0.15, 0.2) is 5.01 Å². The number of hydrogen-bond donors (Lipinski definition) is 1. The maximum Gasteiger partial charge on any atom is 0.206 e. The van der Waals surface area contributed by atoms with Crippen molar-refractivity contribution in [3.63, 3.8) is 0 Å². The number of nitrogens with zero attached hydrogens (tertiary/aromatic N) is 3. The summed E-state index contributed by atoms with van der Waals surface area (Å²) >= 11 is 1.50. The third-order valence-electron chi connectivity index (χ3n) is 2.92. The number of aromatic nitrogens is 3. The van der Waals surface area contributed by atoms with Gasteiger partial charge >= 0.3 is 0 Å². The van der Waals surface area contributed by atoms with E-state index in [-0.39, 0.29) is 0 Å². The van der Waals surface area contributed by atoms with Crippen LogP contribution in [0, 0.1) is 0 Å². The van der Waals surface area contributed by atoms with E-state index in [9.17, 15) is 0 Å². The van der Waals surface area contributed by atoms with Crippen LogP contribution in [0.5, 0.6) is 5.75 Å². The fourth-order valence-electron chi connectivity index (χ4n) is 1.86. The SMILES string of the molecule is c1ccc(OCCCNc2nnc(-c3ccccn3)s2)cc1. The Balaban J connectivity index is 1.42. The zero-order chi connectivity index (χ0) is 15.0. The number of para-hydroxylation sites is 1. The lowest BCUT2D eigenvalue weighted by Gasteiger charge is -2.05. The number of hydrogen-bond acceptors (Lipinski definition) is 6. The number of ether oxygens (including phenoxy) is 1. The zero-order valence-electron chi connectivity index (χ0n) is 12.0. The van der Waals surface area contributed by atoms with E-state index in [0.29, 0.717) is 6.61 Å². The molecule has 1 aromatic carbocycles. The van der Waals surface area contributed by atoms with Crippen molar-refractivity contribution < 1.29 is 4.74 Å². The van der Waals surface area contributed by atoms with Crippen LogP contribution in [0.1, 0.15) is 6.42 Å². The molecule has 0 bridgehead atoms. The lowest BCUT2D eigenvalue weighted by molar-refractivity contribution is 0.315. The molecule has 0 aliphatic heterocycles. The van der Waals surface area contributed by atoms with E-state index >= 15 is 0 Å². The molecule has 0 unspecified atom stereocenters. The molecule has 112 valence electrons. The van der Waals surface area contributed by atoms with Gasteiger partial charge in [-0.25, -0.2) is 0 Å². The Hall–Kier alpha value is -2.47. The Morgan fingerprint density at radius 2 is 1.86 bits per heavy atom. The van der Waals surface area contributed by atoms with Crippen LogP contribution in [0.25, 0.3) is 10.7 Å². The Labute approximate surface area is 133 Å². The first-order valence-electron chi connectivity index (χ1n) is 7.08. The minimum Gasteiger partial charge on any atom is -0.494 e. The molecular formula is C16H16N4OS. The van der Waals surface area contributed by atoms with Gasteiger partial charge in [0.05, 0.1) is 6.61 Å². The summed E-state index contributed by atoms with van der Waals surface area (Å²) in [5.74, 6) is 0.899. The van der Waals surface area contributed by atoms with Crippen molar-refractivity contribution in [1.29, 1.82) is 0 Å². The lowest BCUT2D eigenvalue weighted by atomic mass is 10.3. The molecule has 0 radical (unpaired) electrons. The lowest BCUT2D eigenvalue weighted by Crippen LogP contribution is -2.07. The standard InChI is InChI=1S/C16H16N4OS/c1-2-7-13(8-3-1)21-12-6-11-18-16-20-19-15(22-16)14-9-4-5-10-17-14/h1-5,7-10H,6,11-12H2,(H,18,20). The van der Waals surface area contributed by atoms with Crippen LogP contribution in [-0.4, -0.2) is 28.3 Å². The summed E-state index contributed by atoms with van der Waals surface area (Å²) in [6, 6.07) is 15.6. The number of pyridine rings is 1. The third kappa shape index (κ3) is 4.02. The summed E-state index contributed by atoms with van der Waals surface area (Å²) in [7, 11) is 0. The normalized spacial score (nSPS) is 10.4. The predicted octanol–water partition coefficient (Wildman–Crippen LogP) is 3.48. The monoisotopic (exact) mass is 312 g/mol. The van der Waals surface area contributed by atoms with Crippen LogP contribution in [-0.2, 0) is 0 Å². The van der Waals surface area contributed by atoms with E-state index in [0.717, 1.165) is 34.5 Å².